The highest BCUT2D eigenvalue weighted by Gasteiger charge is 2.27. The second-order valence-corrected chi connectivity index (χ2v) is 4.93. The van der Waals surface area contributed by atoms with Crippen LogP contribution in [-0.2, 0) is 7.05 Å². The topological polar surface area (TPSA) is 29.9 Å². The molecule has 1 heterocycles. The van der Waals surface area contributed by atoms with E-state index in [0.29, 0.717) is 6.04 Å². The van der Waals surface area contributed by atoms with Crippen molar-refractivity contribution in [1.29, 1.82) is 0 Å². The molecule has 3 heteroatoms. The molecule has 1 N–H and O–H groups in total. The van der Waals surface area contributed by atoms with Gasteiger partial charge in [-0.3, -0.25) is 4.68 Å². The molecule has 0 fully saturated rings. The van der Waals surface area contributed by atoms with Crippen molar-refractivity contribution in [2.24, 2.45) is 12.5 Å². The zero-order valence-electron chi connectivity index (χ0n) is 10.0. The first-order valence-electron chi connectivity index (χ1n) is 5.03. The van der Waals surface area contributed by atoms with Crippen molar-refractivity contribution in [3.63, 3.8) is 0 Å². The van der Waals surface area contributed by atoms with Crippen molar-refractivity contribution in [2.75, 3.05) is 7.05 Å². The van der Waals surface area contributed by atoms with Gasteiger partial charge in [0.05, 0.1) is 5.69 Å². The van der Waals surface area contributed by atoms with Gasteiger partial charge in [0, 0.05) is 24.8 Å². The molecule has 0 aliphatic carbocycles. The van der Waals surface area contributed by atoms with Gasteiger partial charge in [0.1, 0.15) is 0 Å². The molecular formula is C11H21N3. The van der Waals surface area contributed by atoms with Crippen LogP contribution in [0.25, 0.3) is 0 Å². The third-order valence-electron chi connectivity index (χ3n) is 2.52. The van der Waals surface area contributed by atoms with Crippen LogP contribution in [0.15, 0.2) is 6.20 Å². The van der Waals surface area contributed by atoms with E-state index in [2.05, 4.69) is 44.3 Å². The summed E-state index contributed by atoms with van der Waals surface area (Å²) in [6, 6.07) is 0.358. The normalized spacial score (nSPS) is 14.4. The van der Waals surface area contributed by atoms with Crippen molar-refractivity contribution in [3.05, 3.63) is 17.5 Å². The maximum absolute atomic E-state index is 4.37. The summed E-state index contributed by atoms with van der Waals surface area (Å²) in [6.07, 6.45) is 2.10. The Morgan fingerprint density at radius 3 is 2.29 bits per heavy atom. The zero-order valence-corrected chi connectivity index (χ0v) is 10.0. The molecule has 1 atom stereocenters. The predicted molar refractivity (Wildman–Crippen MR) is 59.2 cm³/mol. The Morgan fingerprint density at radius 2 is 2.00 bits per heavy atom. The minimum Gasteiger partial charge on any atom is -0.312 e. The molecule has 1 aromatic rings. The first-order valence-corrected chi connectivity index (χ1v) is 5.03. The molecule has 1 unspecified atom stereocenters. The van der Waals surface area contributed by atoms with Crippen LogP contribution >= 0.6 is 0 Å². The molecule has 0 saturated carbocycles. The fourth-order valence-electron chi connectivity index (χ4n) is 1.96. The van der Waals surface area contributed by atoms with Gasteiger partial charge in [-0.25, -0.2) is 0 Å². The summed E-state index contributed by atoms with van der Waals surface area (Å²) in [6.45, 7) is 8.77. The van der Waals surface area contributed by atoms with E-state index in [0.717, 1.165) is 5.69 Å². The van der Waals surface area contributed by atoms with Crippen LogP contribution in [0.1, 0.15) is 38.1 Å². The lowest BCUT2D eigenvalue weighted by atomic mass is 9.83. The molecule has 0 aromatic carbocycles. The molecule has 0 spiro atoms. The van der Waals surface area contributed by atoms with Crippen LogP contribution in [-0.4, -0.2) is 16.8 Å². The quantitative estimate of drug-likeness (QED) is 0.782. The first-order chi connectivity index (χ1) is 6.36. The molecule has 1 rings (SSSR count). The third kappa shape index (κ3) is 2.15. The molecule has 0 amide bonds. The van der Waals surface area contributed by atoms with Crippen molar-refractivity contribution < 1.29 is 0 Å². The van der Waals surface area contributed by atoms with Crippen molar-refractivity contribution >= 4 is 0 Å². The second-order valence-electron chi connectivity index (χ2n) is 4.93. The predicted octanol–water partition coefficient (Wildman–Crippen LogP) is 2.04. The average Bonchev–Trinajstić information content (AvgIpc) is 2.29. The van der Waals surface area contributed by atoms with E-state index in [9.17, 15) is 0 Å². The first kappa shape index (κ1) is 11.2. The number of aromatic nitrogens is 2. The Kier molecular flexibility index (Phi) is 3.00. The molecule has 0 radical (unpaired) electrons. The van der Waals surface area contributed by atoms with E-state index in [1.54, 1.807) is 0 Å². The molecule has 80 valence electrons. The van der Waals surface area contributed by atoms with Crippen molar-refractivity contribution in [3.8, 4) is 0 Å². The molecule has 1 aromatic heterocycles. The van der Waals surface area contributed by atoms with E-state index < -0.39 is 0 Å². The van der Waals surface area contributed by atoms with Gasteiger partial charge in [-0.05, 0) is 19.4 Å². The summed E-state index contributed by atoms with van der Waals surface area (Å²) < 4.78 is 1.88. The van der Waals surface area contributed by atoms with Gasteiger partial charge < -0.3 is 5.32 Å². The number of nitrogens with one attached hydrogen (secondary N) is 1. The SMILES string of the molecule is CNC(c1cn(C)nc1C)C(C)(C)C. The van der Waals surface area contributed by atoms with E-state index in [4.69, 9.17) is 0 Å². The Labute approximate surface area is 86.5 Å². The van der Waals surface area contributed by atoms with Gasteiger partial charge in [0.15, 0.2) is 0 Å². The largest absolute Gasteiger partial charge is 0.312 e. The molecule has 14 heavy (non-hydrogen) atoms. The number of aryl methyl sites for hydroxylation is 2. The van der Waals surface area contributed by atoms with Gasteiger partial charge in [0.2, 0.25) is 0 Å². The van der Waals surface area contributed by atoms with Crippen LogP contribution in [0.4, 0.5) is 0 Å². The van der Waals surface area contributed by atoms with E-state index in [-0.39, 0.29) is 5.41 Å². The van der Waals surface area contributed by atoms with Crippen molar-refractivity contribution in [2.45, 2.75) is 33.7 Å². The average molecular weight is 195 g/mol. The summed E-state index contributed by atoms with van der Waals surface area (Å²) >= 11 is 0. The Bertz CT molecular complexity index is 307. The minimum atomic E-state index is 0.211. The van der Waals surface area contributed by atoms with Gasteiger partial charge >= 0.3 is 0 Å². The second kappa shape index (κ2) is 3.73. The molecule has 3 nitrogen and oxygen atoms in total. The summed E-state index contributed by atoms with van der Waals surface area (Å²) in [5.74, 6) is 0. The zero-order chi connectivity index (χ0) is 10.9. The number of nitrogens with zero attached hydrogens (tertiary/aromatic N) is 2. The fourth-order valence-corrected chi connectivity index (χ4v) is 1.96. The molecule has 0 bridgehead atoms. The van der Waals surface area contributed by atoms with E-state index >= 15 is 0 Å². The van der Waals surface area contributed by atoms with Crippen LogP contribution in [0, 0.1) is 12.3 Å². The molecule has 0 aliphatic rings. The van der Waals surface area contributed by atoms with Crippen LogP contribution in [0.5, 0.6) is 0 Å². The highest BCUT2D eigenvalue weighted by atomic mass is 15.3. The third-order valence-corrected chi connectivity index (χ3v) is 2.52. The number of rotatable bonds is 2. The summed E-state index contributed by atoms with van der Waals surface area (Å²) in [5.41, 5.74) is 2.62. The van der Waals surface area contributed by atoms with E-state index in [1.807, 2.05) is 18.8 Å². The Morgan fingerprint density at radius 1 is 1.43 bits per heavy atom. The summed E-state index contributed by atoms with van der Waals surface area (Å²) in [4.78, 5) is 0. The highest BCUT2D eigenvalue weighted by Crippen LogP contribution is 2.33. The summed E-state index contributed by atoms with van der Waals surface area (Å²) in [7, 11) is 3.97. The standard InChI is InChI=1S/C11H21N3/c1-8-9(7-14(6)13-8)10(12-5)11(2,3)4/h7,10,12H,1-6H3. The Balaban J connectivity index is 3.07. The number of hydrogen-bond donors (Lipinski definition) is 1. The molecule has 0 saturated heterocycles. The summed E-state index contributed by atoms with van der Waals surface area (Å²) in [5, 5.41) is 7.73. The van der Waals surface area contributed by atoms with Crippen LogP contribution < -0.4 is 5.32 Å². The molecule has 0 aliphatic heterocycles. The lowest BCUT2D eigenvalue weighted by Gasteiger charge is -2.30. The lowest BCUT2D eigenvalue weighted by Crippen LogP contribution is -2.29. The number of hydrogen-bond acceptors (Lipinski definition) is 2. The fraction of sp³-hybridized carbons (Fsp3) is 0.727. The monoisotopic (exact) mass is 195 g/mol. The highest BCUT2D eigenvalue weighted by molar-refractivity contribution is 5.21. The maximum atomic E-state index is 4.37. The Hall–Kier alpha value is -0.830. The lowest BCUT2D eigenvalue weighted by molar-refractivity contribution is 0.286. The van der Waals surface area contributed by atoms with Gasteiger partial charge in [-0.2, -0.15) is 5.10 Å². The smallest absolute Gasteiger partial charge is 0.0641 e. The van der Waals surface area contributed by atoms with Crippen molar-refractivity contribution in [1.82, 2.24) is 15.1 Å². The van der Waals surface area contributed by atoms with E-state index in [1.165, 1.54) is 5.56 Å². The van der Waals surface area contributed by atoms with Crippen LogP contribution in [0.3, 0.4) is 0 Å². The van der Waals surface area contributed by atoms with Gasteiger partial charge in [-0.15, -0.1) is 0 Å². The van der Waals surface area contributed by atoms with Gasteiger partial charge in [-0.1, -0.05) is 20.8 Å². The molecular weight excluding hydrogens is 174 g/mol. The van der Waals surface area contributed by atoms with Crippen LogP contribution in [0.2, 0.25) is 0 Å². The van der Waals surface area contributed by atoms with Gasteiger partial charge in [0.25, 0.3) is 0 Å². The maximum Gasteiger partial charge on any atom is 0.0641 e. The minimum absolute atomic E-state index is 0.211.